The summed E-state index contributed by atoms with van der Waals surface area (Å²) in [5.74, 6) is 0. The zero-order chi connectivity index (χ0) is 17.9. The van der Waals surface area contributed by atoms with Crippen LogP contribution in [0.4, 0.5) is 5.69 Å². The van der Waals surface area contributed by atoms with Gasteiger partial charge in [-0.15, -0.1) is 0 Å². The smallest absolute Gasteiger partial charge is 0.242 e. The van der Waals surface area contributed by atoms with Gasteiger partial charge in [-0.1, -0.05) is 24.3 Å². The molecule has 0 aliphatic carbocycles. The fraction of sp³-hybridized carbons (Fsp3) is 0.167. The Kier molecular flexibility index (Phi) is 4.87. The van der Waals surface area contributed by atoms with Gasteiger partial charge in [0, 0.05) is 33.0 Å². The molecule has 1 heterocycles. The SMILES string of the molecule is CN(C)S(=O)(=O)c1cccc(CNc2ccccc2-n2cccn2)c1. The Morgan fingerprint density at radius 3 is 2.60 bits per heavy atom. The first-order valence-electron chi connectivity index (χ1n) is 7.83. The summed E-state index contributed by atoms with van der Waals surface area (Å²) in [6, 6.07) is 16.7. The van der Waals surface area contributed by atoms with Crippen molar-refractivity contribution in [3.63, 3.8) is 0 Å². The molecule has 2 aromatic carbocycles. The molecular weight excluding hydrogens is 336 g/mol. The zero-order valence-electron chi connectivity index (χ0n) is 14.1. The van der Waals surface area contributed by atoms with Crippen molar-refractivity contribution in [2.45, 2.75) is 11.4 Å². The first-order chi connectivity index (χ1) is 12.0. The third-order valence-corrected chi connectivity index (χ3v) is 5.63. The van der Waals surface area contributed by atoms with Gasteiger partial charge in [0.05, 0.1) is 16.3 Å². The minimum Gasteiger partial charge on any atom is -0.379 e. The molecular formula is C18H20N4O2S. The molecule has 1 aromatic heterocycles. The first-order valence-corrected chi connectivity index (χ1v) is 9.27. The molecule has 1 N–H and O–H groups in total. The molecule has 0 spiro atoms. The first kappa shape index (κ1) is 17.2. The fourth-order valence-electron chi connectivity index (χ4n) is 2.46. The van der Waals surface area contributed by atoms with Crippen LogP contribution in [-0.4, -0.2) is 36.6 Å². The van der Waals surface area contributed by atoms with Crippen molar-refractivity contribution < 1.29 is 8.42 Å². The van der Waals surface area contributed by atoms with E-state index < -0.39 is 10.0 Å². The number of aromatic nitrogens is 2. The van der Waals surface area contributed by atoms with E-state index in [0.717, 1.165) is 16.9 Å². The molecule has 3 rings (SSSR count). The number of hydrogen-bond donors (Lipinski definition) is 1. The van der Waals surface area contributed by atoms with E-state index in [1.807, 2.05) is 42.6 Å². The number of anilines is 1. The van der Waals surface area contributed by atoms with Crippen molar-refractivity contribution >= 4 is 15.7 Å². The highest BCUT2D eigenvalue weighted by Gasteiger charge is 2.17. The molecule has 0 saturated carbocycles. The fourth-order valence-corrected chi connectivity index (χ4v) is 3.43. The maximum absolute atomic E-state index is 12.3. The Bertz CT molecular complexity index is 951. The van der Waals surface area contributed by atoms with E-state index in [1.165, 1.54) is 18.4 Å². The number of rotatable bonds is 6. The molecule has 0 saturated heterocycles. The predicted molar refractivity (Wildman–Crippen MR) is 98.2 cm³/mol. The highest BCUT2D eigenvalue weighted by Crippen LogP contribution is 2.21. The van der Waals surface area contributed by atoms with E-state index in [1.54, 1.807) is 29.1 Å². The van der Waals surface area contributed by atoms with Gasteiger partial charge in [-0.3, -0.25) is 0 Å². The number of nitrogens with one attached hydrogen (secondary N) is 1. The highest BCUT2D eigenvalue weighted by atomic mass is 32.2. The maximum atomic E-state index is 12.3. The summed E-state index contributed by atoms with van der Waals surface area (Å²) >= 11 is 0. The third kappa shape index (κ3) is 3.72. The van der Waals surface area contributed by atoms with E-state index >= 15 is 0 Å². The van der Waals surface area contributed by atoms with Crippen LogP contribution in [0.15, 0.2) is 71.9 Å². The summed E-state index contributed by atoms with van der Waals surface area (Å²) in [5.41, 5.74) is 2.75. The normalized spacial score (nSPS) is 11.6. The van der Waals surface area contributed by atoms with Crippen molar-refractivity contribution in [1.82, 2.24) is 14.1 Å². The topological polar surface area (TPSA) is 67.2 Å². The van der Waals surface area contributed by atoms with E-state index in [-0.39, 0.29) is 4.90 Å². The van der Waals surface area contributed by atoms with E-state index in [2.05, 4.69) is 10.4 Å². The summed E-state index contributed by atoms with van der Waals surface area (Å²) in [7, 11) is -0.378. The molecule has 3 aromatic rings. The van der Waals surface area contributed by atoms with Gasteiger partial charge in [-0.05, 0) is 35.9 Å². The number of nitrogens with zero attached hydrogens (tertiary/aromatic N) is 3. The van der Waals surface area contributed by atoms with Crippen LogP contribution in [0, 0.1) is 0 Å². The second-order valence-corrected chi connectivity index (χ2v) is 7.91. The molecule has 0 aliphatic heterocycles. The summed E-state index contributed by atoms with van der Waals surface area (Å²) in [6.45, 7) is 0.509. The Morgan fingerprint density at radius 1 is 1.08 bits per heavy atom. The second kappa shape index (κ2) is 7.08. The van der Waals surface area contributed by atoms with Gasteiger partial charge < -0.3 is 5.32 Å². The molecule has 0 bridgehead atoms. The number of para-hydroxylation sites is 2. The summed E-state index contributed by atoms with van der Waals surface area (Å²) < 4.78 is 27.5. The highest BCUT2D eigenvalue weighted by molar-refractivity contribution is 7.89. The molecule has 0 atom stereocenters. The lowest BCUT2D eigenvalue weighted by molar-refractivity contribution is 0.520. The molecule has 0 unspecified atom stereocenters. The van der Waals surface area contributed by atoms with Gasteiger partial charge in [0.25, 0.3) is 0 Å². The van der Waals surface area contributed by atoms with Gasteiger partial charge in [0.15, 0.2) is 0 Å². The molecule has 0 aliphatic rings. The van der Waals surface area contributed by atoms with Crippen LogP contribution in [0.2, 0.25) is 0 Å². The van der Waals surface area contributed by atoms with Gasteiger partial charge in [0.2, 0.25) is 10.0 Å². The van der Waals surface area contributed by atoms with E-state index in [9.17, 15) is 8.42 Å². The Balaban J connectivity index is 1.82. The second-order valence-electron chi connectivity index (χ2n) is 5.76. The molecule has 0 radical (unpaired) electrons. The lowest BCUT2D eigenvalue weighted by atomic mass is 10.2. The van der Waals surface area contributed by atoms with Crippen molar-refractivity contribution in [2.24, 2.45) is 0 Å². The van der Waals surface area contributed by atoms with Crippen molar-refractivity contribution in [3.8, 4) is 5.69 Å². The summed E-state index contributed by atoms with van der Waals surface area (Å²) in [6.07, 6.45) is 3.61. The Morgan fingerprint density at radius 2 is 1.88 bits per heavy atom. The van der Waals surface area contributed by atoms with Crippen molar-refractivity contribution in [2.75, 3.05) is 19.4 Å². The molecule has 25 heavy (non-hydrogen) atoms. The van der Waals surface area contributed by atoms with Crippen LogP contribution < -0.4 is 5.32 Å². The van der Waals surface area contributed by atoms with Crippen LogP contribution in [0.1, 0.15) is 5.56 Å². The molecule has 130 valence electrons. The largest absolute Gasteiger partial charge is 0.379 e. The van der Waals surface area contributed by atoms with Gasteiger partial charge in [-0.25, -0.2) is 17.4 Å². The molecule has 6 nitrogen and oxygen atoms in total. The van der Waals surface area contributed by atoms with Gasteiger partial charge in [0.1, 0.15) is 0 Å². The predicted octanol–water partition coefficient (Wildman–Crippen LogP) is 2.73. The van der Waals surface area contributed by atoms with E-state index in [0.29, 0.717) is 6.54 Å². The lowest BCUT2D eigenvalue weighted by Gasteiger charge is -2.14. The van der Waals surface area contributed by atoms with Crippen LogP contribution in [0.5, 0.6) is 0 Å². The molecule has 7 heteroatoms. The Labute approximate surface area is 147 Å². The number of benzene rings is 2. The minimum absolute atomic E-state index is 0.289. The van der Waals surface area contributed by atoms with Gasteiger partial charge >= 0.3 is 0 Å². The monoisotopic (exact) mass is 356 g/mol. The lowest BCUT2D eigenvalue weighted by Crippen LogP contribution is -2.22. The van der Waals surface area contributed by atoms with Crippen LogP contribution in [-0.2, 0) is 16.6 Å². The van der Waals surface area contributed by atoms with E-state index in [4.69, 9.17) is 0 Å². The average Bonchev–Trinajstić information content (AvgIpc) is 3.15. The van der Waals surface area contributed by atoms with Crippen LogP contribution in [0.25, 0.3) is 5.69 Å². The maximum Gasteiger partial charge on any atom is 0.242 e. The Hall–Kier alpha value is -2.64. The van der Waals surface area contributed by atoms with Crippen molar-refractivity contribution in [3.05, 3.63) is 72.6 Å². The van der Waals surface area contributed by atoms with Crippen LogP contribution >= 0.6 is 0 Å². The number of hydrogen-bond acceptors (Lipinski definition) is 4. The quantitative estimate of drug-likeness (QED) is 0.737. The average molecular weight is 356 g/mol. The minimum atomic E-state index is -3.43. The zero-order valence-corrected chi connectivity index (χ0v) is 14.9. The standard InChI is InChI=1S/C18H20N4O2S/c1-21(2)25(23,24)16-8-5-7-15(13-16)14-19-17-9-3-4-10-18(17)22-12-6-11-20-22/h3-13,19H,14H2,1-2H3. The van der Waals surface area contributed by atoms with Gasteiger partial charge in [-0.2, -0.15) is 5.10 Å². The molecule has 0 fully saturated rings. The number of sulfonamides is 1. The van der Waals surface area contributed by atoms with Crippen molar-refractivity contribution in [1.29, 1.82) is 0 Å². The van der Waals surface area contributed by atoms with Crippen LogP contribution in [0.3, 0.4) is 0 Å². The summed E-state index contributed by atoms with van der Waals surface area (Å²) in [5, 5.41) is 7.62. The summed E-state index contributed by atoms with van der Waals surface area (Å²) in [4.78, 5) is 0.289. The third-order valence-electron chi connectivity index (χ3n) is 3.82. The molecule has 0 amide bonds.